The Morgan fingerprint density at radius 1 is 1.10 bits per heavy atom. The van der Waals surface area contributed by atoms with Crippen molar-refractivity contribution in [2.75, 3.05) is 26.2 Å². The number of hydrogen-bond donors (Lipinski definition) is 1. The Morgan fingerprint density at radius 3 is 2.55 bits per heavy atom. The van der Waals surface area contributed by atoms with Gasteiger partial charge in [0, 0.05) is 35.9 Å². The summed E-state index contributed by atoms with van der Waals surface area (Å²) >= 11 is 1.93. The summed E-state index contributed by atoms with van der Waals surface area (Å²) in [7, 11) is 0. The minimum atomic E-state index is 0.413. The molecule has 3 rings (SSSR count). The van der Waals surface area contributed by atoms with Gasteiger partial charge in [-0.1, -0.05) is 29.8 Å². The van der Waals surface area contributed by atoms with Crippen molar-refractivity contribution in [2.45, 2.75) is 19.9 Å². The summed E-state index contributed by atoms with van der Waals surface area (Å²) in [6.07, 6.45) is 0. The third-order valence-corrected chi connectivity index (χ3v) is 4.96. The molecule has 2 heterocycles. The molecule has 1 aliphatic rings. The van der Waals surface area contributed by atoms with E-state index in [2.05, 4.69) is 60.5 Å². The van der Waals surface area contributed by atoms with E-state index < -0.39 is 0 Å². The summed E-state index contributed by atoms with van der Waals surface area (Å²) in [4.78, 5) is 5.47. The van der Waals surface area contributed by atoms with Crippen LogP contribution in [0.5, 0.6) is 0 Å². The van der Waals surface area contributed by atoms with Crippen LogP contribution in [0.2, 0.25) is 0 Å². The van der Waals surface area contributed by atoms with Crippen molar-refractivity contribution >= 4 is 11.3 Å². The smallest absolute Gasteiger partial charge is 0.0697 e. The van der Waals surface area contributed by atoms with Gasteiger partial charge in [0.25, 0.3) is 0 Å². The van der Waals surface area contributed by atoms with Crippen LogP contribution in [0.4, 0.5) is 0 Å². The van der Waals surface area contributed by atoms with Crippen LogP contribution in [0, 0.1) is 13.8 Å². The Balaban J connectivity index is 1.98. The topological polar surface area (TPSA) is 15.3 Å². The molecule has 1 atom stereocenters. The monoisotopic (exact) mass is 286 g/mol. The quantitative estimate of drug-likeness (QED) is 0.931. The van der Waals surface area contributed by atoms with Crippen LogP contribution in [-0.2, 0) is 0 Å². The first kappa shape index (κ1) is 13.8. The van der Waals surface area contributed by atoms with Gasteiger partial charge in [0.05, 0.1) is 6.04 Å². The van der Waals surface area contributed by atoms with Gasteiger partial charge < -0.3 is 5.32 Å². The van der Waals surface area contributed by atoms with Crippen LogP contribution in [0.1, 0.15) is 26.9 Å². The highest BCUT2D eigenvalue weighted by atomic mass is 32.1. The van der Waals surface area contributed by atoms with E-state index >= 15 is 0 Å². The molecule has 1 unspecified atom stereocenters. The first-order valence-corrected chi connectivity index (χ1v) is 8.13. The largest absolute Gasteiger partial charge is 0.314 e. The lowest BCUT2D eigenvalue weighted by molar-refractivity contribution is 0.200. The van der Waals surface area contributed by atoms with Gasteiger partial charge in [0.2, 0.25) is 0 Å². The van der Waals surface area contributed by atoms with E-state index in [4.69, 9.17) is 0 Å². The van der Waals surface area contributed by atoms with Crippen molar-refractivity contribution in [3.05, 3.63) is 57.3 Å². The highest BCUT2D eigenvalue weighted by molar-refractivity contribution is 7.12. The van der Waals surface area contributed by atoms with Crippen molar-refractivity contribution in [2.24, 2.45) is 0 Å². The van der Waals surface area contributed by atoms with E-state index in [1.165, 1.54) is 20.9 Å². The first-order chi connectivity index (χ1) is 9.74. The van der Waals surface area contributed by atoms with Gasteiger partial charge in [-0.25, -0.2) is 0 Å². The molecule has 1 fully saturated rings. The fourth-order valence-electron chi connectivity index (χ4n) is 2.94. The maximum Gasteiger partial charge on any atom is 0.0697 e. The lowest BCUT2D eigenvalue weighted by atomic mass is 10.0. The number of aryl methyl sites for hydroxylation is 2. The molecule has 1 aromatic heterocycles. The predicted molar refractivity (Wildman–Crippen MR) is 86.5 cm³/mol. The van der Waals surface area contributed by atoms with Crippen LogP contribution in [0.25, 0.3) is 0 Å². The molecule has 0 radical (unpaired) electrons. The maximum absolute atomic E-state index is 3.45. The lowest BCUT2D eigenvalue weighted by Crippen LogP contribution is -2.45. The van der Waals surface area contributed by atoms with E-state index in [1.54, 1.807) is 0 Å². The van der Waals surface area contributed by atoms with Crippen molar-refractivity contribution < 1.29 is 0 Å². The van der Waals surface area contributed by atoms with E-state index in [1.807, 2.05) is 11.3 Å². The summed E-state index contributed by atoms with van der Waals surface area (Å²) in [5.41, 5.74) is 2.77. The molecule has 0 amide bonds. The summed E-state index contributed by atoms with van der Waals surface area (Å²) in [6, 6.07) is 13.9. The van der Waals surface area contributed by atoms with Crippen LogP contribution in [0.3, 0.4) is 0 Å². The van der Waals surface area contributed by atoms with Crippen LogP contribution < -0.4 is 5.32 Å². The van der Waals surface area contributed by atoms with Crippen molar-refractivity contribution in [1.82, 2.24) is 10.2 Å². The molecule has 20 heavy (non-hydrogen) atoms. The molecule has 3 heteroatoms. The zero-order valence-electron chi connectivity index (χ0n) is 12.2. The van der Waals surface area contributed by atoms with Crippen molar-refractivity contribution in [1.29, 1.82) is 0 Å². The van der Waals surface area contributed by atoms with Crippen molar-refractivity contribution in [3.8, 4) is 0 Å². The molecule has 2 nitrogen and oxygen atoms in total. The average Bonchev–Trinajstić information content (AvgIpc) is 2.87. The van der Waals surface area contributed by atoms with Gasteiger partial charge in [-0.2, -0.15) is 0 Å². The maximum atomic E-state index is 3.45. The molecule has 106 valence electrons. The molecule has 1 aliphatic heterocycles. The van der Waals surface area contributed by atoms with E-state index in [9.17, 15) is 0 Å². The predicted octanol–water partition coefficient (Wildman–Crippen LogP) is 3.36. The number of benzene rings is 1. The van der Waals surface area contributed by atoms with Crippen LogP contribution in [0.15, 0.2) is 36.4 Å². The average molecular weight is 286 g/mol. The van der Waals surface area contributed by atoms with Gasteiger partial charge in [-0.05, 0) is 31.5 Å². The number of thiophene rings is 1. The van der Waals surface area contributed by atoms with E-state index in [0.717, 1.165) is 26.2 Å². The second-order valence-corrected chi connectivity index (χ2v) is 6.87. The zero-order valence-corrected chi connectivity index (χ0v) is 13.0. The van der Waals surface area contributed by atoms with Gasteiger partial charge in [0.15, 0.2) is 0 Å². The Morgan fingerprint density at radius 2 is 1.90 bits per heavy atom. The molecule has 1 N–H and O–H groups in total. The molecule has 1 saturated heterocycles. The fourth-order valence-corrected chi connectivity index (χ4v) is 3.98. The second kappa shape index (κ2) is 6.08. The molecule has 1 aromatic carbocycles. The number of rotatable bonds is 3. The third kappa shape index (κ3) is 2.95. The minimum Gasteiger partial charge on any atom is -0.314 e. The van der Waals surface area contributed by atoms with Gasteiger partial charge in [-0.15, -0.1) is 11.3 Å². The summed E-state index contributed by atoms with van der Waals surface area (Å²) in [5, 5.41) is 3.45. The molecular weight excluding hydrogens is 264 g/mol. The molecule has 0 aliphatic carbocycles. The highest BCUT2D eigenvalue weighted by Gasteiger charge is 2.24. The third-order valence-electron chi connectivity index (χ3n) is 3.91. The molecule has 0 spiro atoms. The highest BCUT2D eigenvalue weighted by Crippen LogP contribution is 2.33. The van der Waals surface area contributed by atoms with Gasteiger partial charge in [-0.3, -0.25) is 4.90 Å². The Labute approximate surface area is 125 Å². The normalized spacial score (nSPS) is 18.1. The van der Waals surface area contributed by atoms with Gasteiger partial charge in [0.1, 0.15) is 0 Å². The number of nitrogens with zero attached hydrogens (tertiary/aromatic N) is 1. The van der Waals surface area contributed by atoms with E-state index in [-0.39, 0.29) is 0 Å². The number of hydrogen-bond acceptors (Lipinski definition) is 3. The first-order valence-electron chi connectivity index (χ1n) is 7.32. The summed E-state index contributed by atoms with van der Waals surface area (Å²) < 4.78 is 0. The SMILES string of the molecule is Cc1cccc(C(c2ccc(C)s2)N2CCNCC2)c1. The Kier molecular flexibility index (Phi) is 4.20. The number of nitrogens with one attached hydrogen (secondary N) is 1. The molecule has 0 bridgehead atoms. The van der Waals surface area contributed by atoms with Crippen LogP contribution in [-0.4, -0.2) is 31.1 Å². The standard InChI is InChI=1S/C17H22N2S/c1-13-4-3-5-15(12-13)17(16-7-6-14(2)20-16)19-10-8-18-9-11-19/h3-7,12,17-18H,8-11H2,1-2H3. The van der Waals surface area contributed by atoms with Crippen molar-refractivity contribution in [3.63, 3.8) is 0 Å². The van der Waals surface area contributed by atoms with Crippen LogP contribution >= 0.6 is 11.3 Å². The summed E-state index contributed by atoms with van der Waals surface area (Å²) in [5.74, 6) is 0. The molecule has 2 aromatic rings. The summed E-state index contributed by atoms with van der Waals surface area (Å²) in [6.45, 7) is 8.79. The minimum absolute atomic E-state index is 0.413. The molecule has 0 saturated carbocycles. The second-order valence-electron chi connectivity index (χ2n) is 5.55. The Hall–Kier alpha value is -1.16. The fraction of sp³-hybridized carbons (Fsp3) is 0.412. The van der Waals surface area contributed by atoms with Gasteiger partial charge >= 0.3 is 0 Å². The van der Waals surface area contributed by atoms with E-state index in [0.29, 0.717) is 6.04 Å². The molecular formula is C17H22N2S. The lowest BCUT2D eigenvalue weighted by Gasteiger charge is -2.35. The Bertz CT molecular complexity index is 570. The number of piperazine rings is 1. The zero-order chi connectivity index (χ0) is 13.9.